The molecule has 0 aromatic heterocycles. The van der Waals surface area contributed by atoms with Crippen LogP contribution in [0.3, 0.4) is 0 Å². The van der Waals surface area contributed by atoms with E-state index >= 15 is 0 Å². The van der Waals surface area contributed by atoms with Crippen LogP contribution < -0.4 is 0 Å². The number of aliphatic carboxylic acids is 1. The second kappa shape index (κ2) is 5.25. The third-order valence-corrected chi connectivity index (χ3v) is 4.37. The fourth-order valence-corrected chi connectivity index (χ4v) is 3.64. The van der Waals surface area contributed by atoms with E-state index in [2.05, 4.69) is 31.9 Å². The number of rotatable bonds is 2. The average Bonchev–Trinajstić information content (AvgIpc) is 2.70. The second-order valence-corrected chi connectivity index (χ2v) is 6.63. The molecule has 1 N–H and O–H groups in total. The molecule has 1 atom stereocenters. The molecule has 1 aromatic rings. The third kappa shape index (κ3) is 2.69. The van der Waals surface area contributed by atoms with Gasteiger partial charge in [0.1, 0.15) is 5.54 Å². The van der Waals surface area contributed by atoms with Gasteiger partial charge in [0.2, 0.25) is 0 Å². The first-order chi connectivity index (χ1) is 8.84. The van der Waals surface area contributed by atoms with Crippen molar-refractivity contribution in [2.45, 2.75) is 25.3 Å². The van der Waals surface area contributed by atoms with Crippen LogP contribution in [0, 0.1) is 0 Å². The van der Waals surface area contributed by atoms with Gasteiger partial charge in [0.05, 0.1) is 0 Å². The molecule has 1 unspecified atom stereocenters. The summed E-state index contributed by atoms with van der Waals surface area (Å²) in [6, 6.07) is 5.23. The van der Waals surface area contributed by atoms with Crippen molar-refractivity contribution in [2.24, 2.45) is 0 Å². The highest BCUT2D eigenvalue weighted by Crippen LogP contribution is 2.31. The van der Waals surface area contributed by atoms with Crippen molar-refractivity contribution in [1.82, 2.24) is 4.90 Å². The minimum atomic E-state index is -1.11. The Hall–Kier alpha value is -0.880. The lowest BCUT2D eigenvalue weighted by Crippen LogP contribution is -2.50. The lowest BCUT2D eigenvalue weighted by molar-refractivity contribution is -0.147. The van der Waals surface area contributed by atoms with Crippen LogP contribution in [-0.2, 0) is 4.79 Å². The van der Waals surface area contributed by atoms with Gasteiger partial charge < -0.3 is 10.0 Å². The van der Waals surface area contributed by atoms with E-state index in [0.29, 0.717) is 24.9 Å². The van der Waals surface area contributed by atoms with E-state index in [1.807, 2.05) is 6.07 Å². The summed E-state index contributed by atoms with van der Waals surface area (Å²) in [7, 11) is 0. The van der Waals surface area contributed by atoms with Crippen LogP contribution in [0.1, 0.15) is 30.1 Å². The fourth-order valence-electron chi connectivity index (χ4n) is 2.34. The Bertz CT molecular complexity index is 526. The number of halogens is 2. The quantitative estimate of drug-likeness (QED) is 0.842. The van der Waals surface area contributed by atoms with Crippen LogP contribution in [0.25, 0.3) is 0 Å². The smallest absolute Gasteiger partial charge is 0.329 e. The fraction of sp³-hybridized carbons (Fsp3) is 0.385. The van der Waals surface area contributed by atoms with Gasteiger partial charge in [0.15, 0.2) is 0 Å². The molecular weight excluding hydrogens is 378 g/mol. The van der Waals surface area contributed by atoms with Crippen molar-refractivity contribution >= 4 is 43.7 Å². The van der Waals surface area contributed by atoms with Crippen LogP contribution in [-0.4, -0.2) is 34.0 Å². The minimum absolute atomic E-state index is 0.246. The van der Waals surface area contributed by atoms with Crippen LogP contribution in [0.2, 0.25) is 0 Å². The lowest BCUT2D eigenvalue weighted by Gasteiger charge is -2.31. The molecule has 1 fully saturated rings. The number of benzene rings is 1. The Morgan fingerprint density at radius 2 is 1.84 bits per heavy atom. The van der Waals surface area contributed by atoms with Gasteiger partial charge in [0.25, 0.3) is 5.91 Å². The second-order valence-electron chi connectivity index (χ2n) is 4.80. The molecule has 6 heteroatoms. The highest BCUT2D eigenvalue weighted by Gasteiger charge is 2.46. The standard InChI is InChI=1S/C13H13Br2NO3/c1-13(12(18)19)3-2-4-16(13)11(17)8-5-9(14)7-10(15)6-8/h5-7H,2-4H2,1H3,(H,18,19). The SMILES string of the molecule is CC1(C(=O)O)CCCN1C(=O)c1cc(Br)cc(Br)c1. The maximum Gasteiger partial charge on any atom is 0.329 e. The molecule has 102 valence electrons. The summed E-state index contributed by atoms with van der Waals surface area (Å²) < 4.78 is 1.56. The van der Waals surface area contributed by atoms with Gasteiger partial charge >= 0.3 is 5.97 Å². The molecule has 1 amide bonds. The number of hydrogen-bond donors (Lipinski definition) is 1. The Morgan fingerprint density at radius 3 is 2.37 bits per heavy atom. The van der Waals surface area contributed by atoms with Crippen LogP contribution in [0.4, 0.5) is 0 Å². The van der Waals surface area contributed by atoms with Crippen LogP contribution in [0.15, 0.2) is 27.1 Å². The number of carboxylic acid groups (broad SMARTS) is 1. The average molecular weight is 391 g/mol. The van der Waals surface area contributed by atoms with E-state index in [0.717, 1.165) is 8.95 Å². The summed E-state index contributed by atoms with van der Waals surface area (Å²) in [4.78, 5) is 25.3. The molecule has 0 saturated carbocycles. The zero-order valence-electron chi connectivity index (χ0n) is 10.3. The zero-order chi connectivity index (χ0) is 14.2. The predicted octanol–water partition coefficient (Wildman–Crippen LogP) is 3.29. The number of nitrogens with zero attached hydrogens (tertiary/aromatic N) is 1. The van der Waals surface area contributed by atoms with E-state index < -0.39 is 11.5 Å². The van der Waals surface area contributed by atoms with E-state index in [1.165, 1.54) is 4.90 Å². The first kappa shape index (κ1) is 14.5. The summed E-state index contributed by atoms with van der Waals surface area (Å²) >= 11 is 6.66. The first-order valence-electron chi connectivity index (χ1n) is 5.86. The molecule has 0 bridgehead atoms. The van der Waals surface area contributed by atoms with Gasteiger partial charge in [-0.05, 0) is 38.0 Å². The number of carbonyl (C=O) groups is 2. The molecule has 2 rings (SSSR count). The van der Waals surface area contributed by atoms with E-state index in [-0.39, 0.29) is 5.91 Å². The van der Waals surface area contributed by atoms with Gasteiger partial charge in [-0.25, -0.2) is 4.79 Å². The molecule has 1 saturated heterocycles. The normalized spacial score (nSPS) is 22.6. The van der Waals surface area contributed by atoms with Gasteiger partial charge in [-0.2, -0.15) is 0 Å². The molecule has 4 nitrogen and oxygen atoms in total. The van der Waals surface area contributed by atoms with Crippen molar-refractivity contribution < 1.29 is 14.7 Å². The third-order valence-electron chi connectivity index (χ3n) is 3.46. The van der Waals surface area contributed by atoms with Gasteiger partial charge in [-0.1, -0.05) is 31.9 Å². The Labute approximate surface area is 128 Å². The van der Waals surface area contributed by atoms with E-state index in [9.17, 15) is 14.7 Å². The summed E-state index contributed by atoms with van der Waals surface area (Å²) in [5, 5.41) is 9.34. The number of carbonyl (C=O) groups excluding carboxylic acids is 1. The summed E-state index contributed by atoms with van der Waals surface area (Å²) in [6.07, 6.45) is 1.20. The van der Waals surface area contributed by atoms with Crippen LogP contribution >= 0.6 is 31.9 Å². The van der Waals surface area contributed by atoms with Crippen molar-refractivity contribution in [3.63, 3.8) is 0 Å². The number of amides is 1. The number of carboxylic acids is 1. The molecular formula is C13H13Br2NO3. The Morgan fingerprint density at radius 1 is 1.26 bits per heavy atom. The molecule has 0 aliphatic carbocycles. The van der Waals surface area contributed by atoms with E-state index in [4.69, 9.17) is 0 Å². The first-order valence-corrected chi connectivity index (χ1v) is 7.44. The Balaban J connectivity index is 2.36. The Kier molecular flexibility index (Phi) is 4.01. The number of hydrogen-bond acceptors (Lipinski definition) is 2. The monoisotopic (exact) mass is 389 g/mol. The highest BCUT2D eigenvalue weighted by atomic mass is 79.9. The minimum Gasteiger partial charge on any atom is -0.480 e. The maximum absolute atomic E-state index is 12.5. The molecule has 0 radical (unpaired) electrons. The van der Waals surface area contributed by atoms with Gasteiger partial charge in [-0.15, -0.1) is 0 Å². The largest absolute Gasteiger partial charge is 0.480 e. The summed E-state index contributed by atoms with van der Waals surface area (Å²) in [5.41, 5.74) is -0.623. The van der Waals surface area contributed by atoms with Crippen LogP contribution in [0.5, 0.6) is 0 Å². The van der Waals surface area contributed by atoms with Gasteiger partial charge in [0, 0.05) is 21.1 Å². The molecule has 1 heterocycles. The molecule has 19 heavy (non-hydrogen) atoms. The lowest BCUT2D eigenvalue weighted by atomic mass is 9.98. The highest BCUT2D eigenvalue weighted by molar-refractivity contribution is 9.11. The van der Waals surface area contributed by atoms with Crippen molar-refractivity contribution in [2.75, 3.05) is 6.54 Å². The molecule has 1 aliphatic heterocycles. The predicted molar refractivity (Wildman–Crippen MR) is 78.2 cm³/mol. The number of likely N-dealkylation sites (tertiary alicyclic amines) is 1. The molecule has 1 aromatic carbocycles. The topological polar surface area (TPSA) is 57.6 Å². The van der Waals surface area contributed by atoms with Crippen molar-refractivity contribution in [3.8, 4) is 0 Å². The maximum atomic E-state index is 12.5. The van der Waals surface area contributed by atoms with Gasteiger partial charge in [-0.3, -0.25) is 4.79 Å². The molecule has 0 spiro atoms. The van der Waals surface area contributed by atoms with Crippen molar-refractivity contribution in [3.05, 3.63) is 32.7 Å². The summed E-state index contributed by atoms with van der Waals surface area (Å²) in [5.74, 6) is -1.20. The summed E-state index contributed by atoms with van der Waals surface area (Å²) in [6.45, 7) is 2.08. The van der Waals surface area contributed by atoms with Crippen molar-refractivity contribution in [1.29, 1.82) is 0 Å². The molecule has 1 aliphatic rings. The van der Waals surface area contributed by atoms with E-state index in [1.54, 1.807) is 19.1 Å². The zero-order valence-corrected chi connectivity index (χ0v) is 13.5.